The molecule has 0 spiro atoms. The van der Waals surface area contributed by atoms with Crippen LogP contribution >= 0.6 is 0 Å². The molecule has 19 heavy (non-hydrogen) atoms. The van der Waals surface area contributed by atoms with E-state index in [-0.39, 0.29) is 5.91 Å². The van der Waals surface area contributed by atoms with Crippen molar-refractivity contribution in [3.05, 3.63) is 35.4 Å². The molecule has 1 saturated carbocycles. The van der Waals surface area contributed by atoms with Crippen LogP contribution in [0.2, 0.25) is 0 Å². The molecule has 1 amide bonds. The van der Waals surface area contributed by atoms with Crippen molar-refractivity contribution in [1.29, 1.82) is 0 Å². The quantitative estimate of drug-likeness (QED) is 0.824. The molecule has 0 heterocycles. The summed E-state index contributed by atoms with van der Waals surface area (Å²) < 4.78 is 0. The number of nitrogens with one attached hydrogen (secondary N) is 2. The van der Waals surface area contributed by atoms with Gasteiger partial charge < -0.3 is 10.6 Å². The predicted molar refractivity (Wildman–Crippen MR) is 78.2 cm³/mol. The van der Waals surface area contributed by atoms with Gasteiger partial charge in [0.05, 0.1) is 0 Å². The summed E-state index contributed by atoms with van der Waals surface area (Å²) in [5, 5.41) is 6.29. The first-order valence-corrected chi connectivity index (χ1v) is 7.26. The van der Waals surface area contributed by atoms with Crippen LogP contribution in [0, 0.1) is 6.92 Å². The minimum absolute atomic E-state index is 0.143. The Bertz CT molecular complexity index is 425. The molecule has 0 bridgehead atoms. The molecule has 0 aromatic heterocycles. The summed E-state index contributed by atoms with van der Waals surface area (Å²) in [5.74, 6) is 0.841. The third-order valence-corrected chi connectivity index (χ3v) is 3.93. The summed E-state index contributed by atoms with van der Waals surface area (Å²) in [6.45, 7) is 5.64. The number of amides is 1. The number of hydrogen-bond acceptors (Lipinski definition) is 2. The van der Waals surface area contributed by atoms with Gasteiger partial charge in [-0.05, 0) is 43.7 Å². The van der Waals surface area contributed by atoms with E-state index >= 15 is 0 Å². The first-order valence-electron chi connectivity index (χ1n) is 7.26. The SMILES string of the molecule is CCNC(=O)CCNC1CC(c2ccccc2C)C1. The molecule has 104 valence electrons. The van der Waals surface area contributed by atoms with Crippen LogP contribution in [0.25, 0.3) is 0 Å². The number of carbonyl (C=O) groups excluding carboxylic acids is 1. The lowest BCUT2D eigenvalue weighted by molar-refractivity contribution is -0.120. The van der Waals surface area contributed by atoms with Gasteiger partial charge in [-0.25, -0.2) is 0 Å². The van der Waals surface area contributed by atoms with Gasteiger partial charge >= 0.3 is 0 Å². The molecule has 1 fully saturated rings. The van der Waals surface area contributed by atoms with Crippen LogP contribution in [-0.4, -0.2) is 25.0 Å². The molecule has 0 saturated heterocycles. The van der Waals surface area contributed by atoms with Crippen molar-refractivity contribution < 1.29 is 4.79 Å². The van der Waals surface area contributed by atoms with Crippen LogP contribution in [0.3, 0.4) is 0 Å². The lowest BCUT2D eigenvalue weighted by Crippen LogP contribution is -2.41. The highest BCUT2D eigenvalue weighted by atomic mass is 16.1. The zero-order chi connectivity index (χ0) is 13.7. The van der Waals surface area contributed by atoms with Crippen LogP contribution in [0.15, 0.2) is 24.3 Å². The molecule has 0 aliphatic heterocycles. The summed E-state index contributed by atoms with van der Waals surface area (Å²) in [7, 11) is 0. The van der Waals surface area contributed by atoms with E-state index in [4.69, 9.17) is 0 Å². The fourth-order valence-corrected chi connectivity index (χ4v) is 2.76. The van der Waals surface area contributed by atoms with E-state index in [9.17, 15) is 4.79 Å². The van der Waals surface area contributed by atoms with Crippen molar-refractivity contribution >= 4 is 5.91 Å². The fraction of sp³-hybridized carbons (Fsp3) is 0.562. The first kappa shape index (κ1) is 14.1. The van der Waals surface area contributed by atoms with Gasteiger partial charge in [0, 0.05) is 25.6 Å². The summed E-state index contributed by atoms with van der Waals surface area (Å²) in [6.07, 6.45) is 2.97. The molecule has 0 unspecified atom stereocenters. The van der Waals surface area contributed by atoms with Crippen molar-refractivity contribution in [3.8, 4) is 0 Å². The highest BCUT2D eigenvalue weighted by Crippen LogP contribution is 2.38. The third kappa shape index (κ3) is 3.80. The van der Waals surface area contributed by atoms with Crippen LogP contribution in [0.5, 0.6) is 0 Å². The maximum atomic E-state index is 11.3. The third-order valence-electron chi connectivity index (χ3n) is 3.93. The summed E-state index contributed by atoms with van der Waals surface area (Å²) in [5.41, 5.74) is 2.89. The smallest absolute Gasteiger partial charge is 0.221 e. The lowest BCUT2D eigenvalue weighted by atomic mass is 9.74. The van der Waals surface area contributed by atoms with Crippen molar-refractivity contribution in [2.75, 3.05) is 13.1 Å². The molecule has 0 atom stereocenters. The Kier molecular flexibility index (Phi) is 4.97. The Hall–Kier alpha value is -1.35. The second-order valence-electron chi connectivity index (χ2n) is 5.38. The molecule has 1 aliphatic rings. The highest BCUT2D eigenvalue weighted by molar-refractivity contribution is 5.75. The molecule has 2 rings (SSSR count). The largest absolute Gasteiger partial charge is 0.356 e. The van der Waals surface area contributed by atoms with E-state index in [1.165, 1.54) is 24.0 Å². The zero-order valence-corrected chi connectivity index (χ0v) is 11.9. The van der Waals surface area contributed by atoms with Gasteiger partial charge in [-0.2, -0.15) is 0 Å². The standard InChI is InChI=1S/C16H24N2O/c1-3-17-16(19)8-9-18-14-10-13(11-14)15-7-5-4-6-12(15)2/h4-7,13-14,18H,3,8-11H2,1-2H3,(H,17,19). The number of benzene rings is 1. The van der Waals surface area contributed by atoms with Crippen molar-refractivity contribution in [3.63, 3.8) is 0 Å². The topological polar surface area (TPSA) is 41.1 Å². The lowest BCUT2D eigenvalue weighted by Gasteiger charge is -2.37. The second-order valence-corrected chi connectivity index (χ2v) is 5.38. The maximum absolute atomic E-state index is 11.3. The van der Waals surface area contributed by atoms with Gasteiger partial charge in [0.2, 0.25) is 5.91 Å². The minimum atomic E-state index is 0.143. The molecule has 0 radical (unpaired) electrons. The molecule has 1 aromatic rings. The van der Waals surface area contributed by atoms with Crippen molar-refractivity contribution in [1.82, 2.24) is 10.6 Å². The summed E-state index contributed by atoms with van der Waals surface area (Å²) in [4.78, 5) is 11.3. The van der Waals surface area contributed by atoms with Crippen LogP contribution in [0.4, 0.5) is 0 Å². The average Bonchev–Trinajstić information content (AvgIpc) is 2.34. The molecule has 2 N–H and O–H groups in total. The fourth-order valence-electron chi connectivity index (χ4n) is 2.76. The monoisotopic (exact) mass is 260 g/mol. The Morgan fingerprint density at radius 3 is 2.74 bits per heavy atom. The van der Waals surface area contributed by atoms with E-state index in [1.807, 2.05) is 6.92 Å². The molecule has 1 aromatic carbocycles. The van der Waals surface area contributed by atoms with Crippen LogP contribution in [0.1, 0.15) is 43.2 Å². The Labute approximate surface area is 115 Å². The number of carbonyl (C=O) groups is 1. The molecule has 3 heteroatoms. The van der Waals surface area contributed by atoms with Gasteiger partial charge in [0.1, 0.15) is 0 Å². The van der Waals surface area contributed by atoms with Crippen molar-refractivity contribution in [2.24, 2.45) is 0 Å². The molecular formula is C16H24N2O. The minimum Gasteiger partial charge on any atom is -0.356 e. The van der Waals surface area contributed by atoms with Gasteiger partial charge in [0.15, 0.2) is 0 Å². The molecule has 1 aliphatic carbocycles. The summed E-state index contributed by atoms with van der Waals surface area (Å²) in [6, 6.07) is 9.23. The van der Waals surface area contributed by atoms with Crippen LogP contribution < -0.4 is 10.6 Å². The number of aryl methyl sites for hydroxylation is 1. The van der Waals surface area contributed by atoms with E-state index in [0.29, 0.717) is 18.4 Å². The summed E-state index contributed by atoms with van der Waals surface area (Å²) >= 11 is 0. The number of hydrogen-bond donors (Lipinski definition) is 2. The van der Waals surface area contributed by atoms with E-state index < -0.39 is 0 Å². The Morgan fingerprint density at radius 1 is 1.32 bits per heavy atom. The predicted octanol–water partition coefficient (Wildman–Crippen LogP) is 2.36. The van der Waals surface area contributed by atoms with Gasteiger partial charge in [0.25, 0.3) is 0 Å². The van der Waals surface area contributed by atoms with E-state index in [2.05, 4.69) is 41.8 Å². The van der Waals surface area contributed by atoms with Gasteiger partial charge in [-0.1, -0.05) is 24.3 Å². The molecular weight excluding hydrogens is 236 g/mol. The van der Waals surface area contributed by atoms with Gasteiger partial charge in [-0.15, -0.1) is 0 Å². The van der Waals surface area contributed by atoms with Crippen LogP contribution in [-0.2, 0) is 4.79 Å². The average molecular weight is 260 g/mol. The Balaban J connectivity index is 1.67. The van der Waals surface area contributed by atoms with E-state index in [1.54, 1.807) is 0 Å². The normalized spacial score (nSPS) is 21.8. The Morgan fingerprint density at radius 2 is 2.05 bits per heavy atom. The van der Waals surface area contributed by atoms with Crippen molar-refractivity contribution in [2.45, 2.75) is 45.1 Å². The van der Waals surface area contributed by atoms with Gasteiger partial charge in [-0.3, -0.25) is 4.79 Å². The number of rotatable bonds is 6. The van der Waals surface area contributed by atoms with E-state index in [0.717, 1.165) is 13.1 Å². The zero-order valence-electron chi connectivity index (χ0n) is 11.9. The second kappa shape index (κ2) is 6.71. The molecule has 3 nitrogen and oxygen atoms in total. The maximum Gasteiger partial charge on any atom is 0.221 e. The first-order chi connectivity index (χ1) is 9.20. The highest BCUT2D eigenvalue weighted by Gasteiger charge is 2.30.